The van der Waals surface area contributed by atoms with Crippen LogP contribution in [0.1, 0.15) is 21.8 Å². The van der Waals surface area contributed by atoms with Crippen LogP contribution in [0.5, 0.6) is 0 Å². The number of halogens is 3. The highest BCUT2D eigenvalue weighted by atomic mass is 32.1. The molecule has 0 aliphatic carbocycles. The zero-order valence-corrected chi connectivity index (χ0v) is 19.6. The van der Waals surface area contributed by atoms with E-state index in [-0.39, 0.29) is 11.4 Å². The number of fused-ring (bicyclic) bond motifs is 4. The van der Waals surface area contributed by atoms with E-state index in [1.165, 1.54) is 17.0 Å². The standard InChI is InChI=1S/C21H22N4O2S.C2HF3O2/c1-27-13-12-25-16-5-2-9-22-19(16)24-10-3-7-18(24)21(25)8-11-23(15-21)20(26)17-6-4-14-28-17;3-2(4,5)1(6)7/h2-7,9-10,14H,8,11-13,15H2,1H3;(H,6,7). The van der Waals surface area contributed by atoms with Gasteiger partial charge < -0.3 is 24.2 Å². The maximum Gasteiger partial charge on any atom is 0.490 e. The smallest absolute Gasteiger partial charge is 0.475 e. The molecule has 5 rings (SSSR count). The summed E-state index contributed by atoms with van der Waals surface area (Å²) in [5, 5.41) is 9.08. The number of nitrogens with zero attached hydrogens (tertiary/aromatic N) is 4. The van der Waals surface area contributed by atoms with Crippen LogP contribution in [-0.4, -0.2) is 71.0 Å². The summed E-state index contributed by atoms with van der Waals surface area (Å²) in [6.07, 6.45) is -0.303. The van der Waals surface area contributed by atoms with E-state index in [0.29, 0.717) is 13.2 Å². The second-order valence-corrected chi connectivity index (χ2v) is 8.99. The van der Waals surface area contributed by atoms with Crippen LogP contribution in [0.2, 0.25) is 0 Å². The van der Waals surface area contributed by atoms with Crippen molar-refractivity contribution in [2.45, 2.75) is 18.1 Å². The van der Waals surface area contributed by atoms with Gasteiger partial charge in [0, 0.05) is 39.1 Å². The Kier molecular flexibility index (Phi) is 6.86. The second-order valence-electron chi connectivity index (χ2n) is 8.04. The molecule has 1 amide bonds. The average molecular weight is 509 g/mol. The molecule has 1 saturated heterocycles. The molecule has 0 aromatic carbocycles. The molecule has 0 saturated carbocycles. The third-order valence-corrected chi connectivity index (χ3v) is 6.91. The van der Waals surface area contributed by atoms with E-state index in [1.807, 2.05) is 34.7 Å². The number of hydrogen-bond donors (Lipinski definition) is 1. The molecule has 1 spiro atoms. The quantitative estimate of drug-likeness (QED) is 0.577. The average Bonchev–Trinajstić information content (AvgIpc) is 3.60. The summed E-state index contributed by atoms with van der Waals surface area (Å²) >= 11 is 1.50. The summed E-state index contributed by atoms with van der Waals surface area (Å²) in [6.45, 7) is 2.77. The maximum atomic E-state index is 13.0. The van der Waals surface area contributed by atoms with Crippen molar-refractivity contribution in [3.63, 3.8) is 0 Å². The Morgan fingerprint density at radius 2 is 2.00 bits per heavy atom. The first-order valence-corrected chi connectivity index (χ1v) is 11.6. The molecule has 5 heterocycles. The molecule has 186 valence electrons. The SMILES string of the molecule is COCCN1c2cccnc2-n2cccc2C12CCN(C(=O)c1cccs1)C2.O=C(O)C(F)(F)F. The van der Waals surface area contributed by atoms with E-state index >= 15 is 0 Å². The fourth-order valence-corrected chi connectivity index (χ4v) is 5.26. The fraction of sp³-hybridized carbons (Fsp3) is 0.348. The molecule has 35 heavy (non-hydrogen) atoms. The lowest BCUT2D eigenvalue weighted by molar-refractivity contribution is -0.192. The fourth-order valence-electron chi connectivity index (χ4n) is 4.57. The molecule has 0 bridgehead atoms. The van der Waals surface area contributed by atoms with Gasteiger partial charge in [-0.15, -0.1) is 11.3 Å². The second kappa shape index (κ2) is 9.70. The summed E-state index contributed by atoms with van der Waals surface area (Å²) in [4.78, 5) is 31.8. The number of aliphatic carboxylic acids is 1. The summed E-state index contributed by atoms with van der Waals surface area (Å²) in [6, 6.07) is 12.2. The monoisotopic (exact) mass is 508 g/mol. The largest absolute Gasteiger partial charge is 0.490 e. The van der Waals surface area contributed by atoms with Gasteiger partial charge in [0.2, 0.25) is 0 Å². The molecular weight excluding hydrogens is 485 g/mol. The van der Waals surface area contributed by atoms with E-state index in [4.69, 9.17) is 14.6 Å². The number of carbonyl (C=O) groups excluding carboxylic acids is 1. The van der Waals surface area contributed by atoms with Crippen LogP contribution >= 0.6 is 11.3 Å². The lowest BCUT2D eigenvalue weighted by Crippen LogP contribution is -2.53. The van der Waals surface area contributed by atoms with Crippen molar-refractivity contribution < 1.29 is 32.6 Å². The topological polar surface area (TPSA) is 87.9 Å². The molecule has 1 fully saturated rings. The minimum atomic E-state index is -5.08. The molecule has 1 atom stereocenters. The third kappa shape index (κ3) is 4.63. The number of likely N-dealkylation sites (tertiary alicyclic amines) is 1. The Labute approximate surface area is 203 Å². The zero-order valence-electron chi connectivity index (χ0n) is 18.7. The number of rotatable bonds is 4. The Hall–Kier alpha value is -3.38. The minimum Gasteiger partial charge on any atom is -0.475 e. The predicted octanol–water partition coefficient (Wildman–Crippen LogP) is 3.77. The number of aromatic nitrogens is 2. The number of hydrogen-bond acceptors (Lipinski definition) is 6. The maximum absolute atomic E-state index is 13.0. The molecule has 3 aromatic rings. The normalized spacial score (nSPS) is 18.6. The van der Waals surface area contributed by atoms with E-state index in [0.717, 1.165) is 35.9 Å². The van der Waals surface area contributed by atoms with Crippen molar-refractivity contribution in [2.24, 2.45) is 0 Å². The van der Waals surface area contributed by atoms with Crippen molar-refractivity contribution >= 4 is 28.9 Å². The highest BCUT2D eigenvalue weighted by Crippen LogP contribution is 2.47. The summed E-state index contributed by atoms with van der Waals surface area (Å²) in [7, 11) is 1.73. The number of carboxylic acids is 1. The van der Waals surface area contributed by atoms with Crippen LogP contribution < -0.4 is 4.90 Å². The number of alkyl halides is 3. The van der Waals surface area contributed by atoms with Gasteiger partial charge in [0.05, 0.1) is 22.9 Å². The first-order chi connectivity index (χ1) is 16.7. The molecule has 3 aromatic heterocycles. The van der Waals surface area contributed by atoms with E-state index in [1.54, 1.807) is 7.11 Å². The van der Waals surface area contributed by atoms with Crippen LogP contribution in [0.3, 0.4) is 0 Å². The van der Waals surface area contributed by atoms with Gasteiger partial charge >= 0.3 is 12.1 Å². The lowest BCUT2D eigenvalue weighted by Gasteiger charge is -2.47. The van der Waals surface area contributed by atoms with E-state index < -0.39 is 12.1 Å². The predicted molar refractivity (Wildman–Crippen MR) is 123 cm³/mol. The first-order valence-electron chi connectivity index (χ1n) is 10.7. The van der Waals surface area contributed by atoms with Crippen LogP contribution in [0.25, 0.3) is 5.82 Å². The van der Waals surface area contributed by atoms with Crippen LogP contribution in [-0.2, 0) is 15.1 Å². The Balaban J connectivity index is 0.000000364. The molecule has 0 radical (unpaired) electrons. The number of amides is 1. The van der Waals surface area contributed by atoms with E-state index in [2.05, 4.69) is 38.8 Å². The van der Waals surface area contributed by atoms with Crippen LogP contribution in [0.15, 0.2) is 54.2 Å². The van der Waals surface area contributed by atoms with Gasteiger partial charge in [0.25, 0.3) is 5.91 Å². The summed E-state index contributed by atoms with van der Waals surface area (Å²) in [5.41, 5.74) is 2.01. The van der Waals surface area contributed by atoms with E-state index in [9.17, 15) is 18.0 Å². The highest BCUT2D eigenvalue weighted by Gasteiger charge is 2.50. The molecule has 2 aliphatic rings. The van der Waals surface area contributed by atoms with Crippen molar-refractivity contribution in [2.75, 3.05) is 38.3 Å². The van der Waals surface area contributed by atoms with Crippen molar-refractivity contribution in [1.82, 2.24) is 14.5 Å². The molecule has 2 aliphatic heterocycles. The van der Waals surface area contributed by atoms with Crippen molar-refractivity contribution in [3.8, 4) is 5.82 Å². The summed E-state index contributed by atoms with van der Waals surface area (Å²) < 4.78 is 39.3. The molecule has 12 heteroatoms. The molecule has 8 nitrogen and oxygen atoms in total. The lowest BCUT2D eigenvalue weighted by atomic mass is 9.89. The Bertz CT molecular complexity index is 1200. The summed E-state index contributed by atoms with van der Waals surface area (Å²) in [5.74, 6) is -1.70. The number of carbonyl (C=O) groups is 2. The molecular formula is C23H23F3N4O4S. The highest BCUT2D eigenvalue weighted by molar-refractivity contribution is 7.12. The van der Waals surface area contributed by atoms with Crippen LogP contribution in [0.4, 0.5) is 18.9 Å². The first kappa shape index (κ1) is 24.7. The van der Waals surface area contributed by atoms with Crippen molar-refractivity contribution in [3.05, 3.63) is 64.7 Å². The minimum absolute atomic E-state index is 0.119. The van der Waals surface area contributed by atoms with Gasteiger partial charge in [-0.1, -0.05) is 6.07 Å². The third-order valence-electron chi connectivity index (χ3n) is 6.06. The van der Waals surface area contributed by atoms with Gasteiger partial charge in [-0.25, -0.2) is 9.78 Å². The van der Waals surface area contributed by atoms with Gasteiger partial charge in [0.1, 0.15) is 5.54 Å². The van der Waals surface area contributed by atoms with Gasteiger partial charge in [-0.05, 0) is 42.1 Å². The number of carboxylic acid groups (broad SMARTS) is 1. The Morgan fingerprint density at radius 3 is 2.66 bits per heavy atom. The van der Waals surface area contributed by atoms with Gasteiger partial charge in [0.15, 0.2) is 5.82 Å². The number of methoxy groups -OCH3 is 1. The number of thiophene rings is 1. The zero-order chi connectivity index (χ0) is 25.2. The number of ether oxygens (including phenoxy) is 1. The number of pyridine rings is 1. The van der Waals surface area contributed by atoms with Gasteiger partial charge in [-0.2, -0.15) is 13.2 Å². The molecule has 1 N–H and O–H groups in total. The van der Waals surface area contributed by atoms with Crippen molar-refractivity contribution in [1.29, 1.82) is 0 Å². The Morgan fingerprint density at radius 1 is 1.23 bits per heavy atom. The molecule has 1 unspecified atom stereocenters. The van der Waals surface area contributed by atoms with Crippen LogP contribution in [0, 0.1) is 0 Å². The van der Waals surface area contributed by atoms with Gasteiger partial charge in [-0.3, -0.25) is 4.79 Å². The number of anilines is 1.